The molecule has 0 bridgehead atoms. The number of aromatic hydroxyl groups is 2. The number of phenols is 2. The Hall–Kier alpha value is -3.02. The maximum atomic E-state index is 12.4. The number of ketones is 1. The summed E-state index contributed by atoms with van der Waals surface area (Å²) in [6.45, 7) is 0.224. The van der Waals surface area contributed by atoms with Gasteiger partial charge in [-0.05, 0) is 24.3 Å². The first-order valence-electron chi connectivity index (χ1n) is 6.42. The summed E-state index contributed by atoms with van der Waals surface area (Å²) >= 11 is 0. The maximum absolute atomic E-state index is 12.4. The smallest absolute Gasteiger partial charge is 0.298 e. The minimum atomic E-state index is -0.530. The van der Waals surface area contributed by atoms with Gasteiger partial charge >= 0.3 is 0 Å². The SMILES string of the molecule is CN(C)c1ccc(C(=O)c2ccc(OC=O)cc2O)c(O)c1. The van der Waals surface area contributed by atoms with Crippen molar-refractivity contribution in [2.24, 2.45) is 0 Å². The maximum Gasteiger partial charge on any atom is 0.298 e. The molecule has 0 saturated carbocycles. The Morgan fingerprint density at radius 2 is 1.64 bits per heavy atom. The van der Waals surface area contributed by atoms with E-state index in [1.165, 1.54) is 24.3 Å². The molecule has 2 N–H and O–H groups in total. The number of nitrogens with zero attached hydrogens (tertiary/aromatic N) is 1. The monoisotopic (exact) mass is 301 g/mol. The Morgan fingerprint density at radius 1 is 1.05 bits per heavy atom. The van der Waals surface area contributed by atoms with E-state index in [1.54, 1.807) is 11.0 Å². The zero-order valence-electron chi connectivity index (χ0n) is 12.1. The molecule has 2 aromatic carbocycles. The molecule has 6 heteroatoms. The lowest BCUT2D eigenvalue weighted by Gasteiger charge is -2.14. The summed E-state index contributed by atoms with van der Waals surface area (Å²) < 4.78 is 4.59. The van der Waals surface area contributed by atoms with Crippen molar-refractivity contribution in [3.8, 4) is 17.2 Å². The highest BCUT2D eigenvalue weighted by Gasteiger charge is 2.18. The number of carbonyl (C=O) groups is 2. The van der Waals surface area contributed by atoms with Crippen LogP contribution in [0.1, 0.15) is 15.9 Å². The van der Waals surface area contributed by atoms with Gasteiger partial charge in [0.15, 0.2) is 5.78 Å². The molecule has 2 rings (SSSR count). The average molecular weight is 301 g/mol. The van der Waals surface area contributed by atoms with Crippen LogP contribution in [0.2, 0.25) is 0 Å². The Labute approximate surface area is 127 Å². The van der Waals surface area contributed by atoms with E-state index in [4.69, 9.17) is 0 Å². The zero-order valence-corrected chi connectivity index (χ0v) is 12.1. The van der Waals surface area contributed by atoms with E-state index >= 15 is 0 Å². The molecule has 0 unspecified atom stereocenters. The first-order valence-corrected chi connectivity index (χ1v) is 6.42. The summed E-state index contributed by atoms with van der Waals surface area (Å²) in [7, 11) is 3.63. The van der Waals surface area contributed by atoms with Crippen LogP contribution >= 0.6 is 0 Å². The molecule has 114 valence electrons. The van der Waals surface area contributed by atoms with Crippen molar-refractivity contribution in [2.45, 2.75) is 0 Å². The van der Waals surface area contributed by atoms with Crippen LogP contribution in [0.4, 0.5) is 5.69 Å². The minimum absolute atomic E-state index is 0.00570. The van der Waals surface area contributed by atoms with Crippen molar-refractivity contribution < 1.29 is 24.5 Å². The van der Waals surface area contributed by atoms with Crippen LogP contribution < -0.4 is 9.64 Å². The number of anilines is 1. The molecule has 0 radical (unpaired) electrons. The Kier molecular flexibility index (Phi) is 4.31. The number of hydrogen-bond acceptors (Lipinski definition) is 6. The standard InChI is InChI=1S/C16H15NO5/c1-17(2)10-3-5-12(14(19)7-10)16(21)13-6-4-11(22-9-18)8-15(13)20/h3-9,19-20H,1-2H3. The molecular formula is C16H15NO5. The first kappa shape index (κ1) is 15.4. The van der Waals surface area contributed by atoms with Gasteiger partial charge in [0.05, 0.1) is 11.1 Å². The molecule has 0 heterocycles. The van der Waals surface area contributed by atoms with Crippen LogP contribution in [0.15, 0.2) is 36.4 Å². The van der Waals surface area contributed by atoms with Crippen LogP contribution in [0.3, 0.4) is 0 Å². The normalized spacial score (nSPS) is 10.1. The molecule has 0 spiro atoms. The highest BCUT2D eigenvalue weighted by atomic mass is 16.5. The lowest BCUT2D eigenvalue weighted by atomic mass is 10.0. The van der Waals surface area contributed by atoms with E-state index in [-0.39, 0.29) is 34.8 Å². The largest absolute Gasteiger partial charge is 0.507 e. The van der Waals surface area contributed by atoms with E-state index in [1.807, 2.05) is 14.1 Å². The third-order valence-electron chi connectivity index (χ3n) is 3.14. The van der Waals surface area contributed by atoms with Crippen LogP contribution in [0, 0.1) is 0 Å². The second-order valence-electron chi connectivity index (χ2n) is 4.82. The summed E-state index contributed by atoms with van der Waals surface area (Å²) in [5.74, 6) is -0.918. The molecule has 0 saturated heterocycles. The fourth-order valence-corrected chi connectivity index (χ4v) is 1.97. The molecule has 6 nitrogen and oxygen atoms in total. The summed E-state index contributed by atoms with van der Waals surface area (Å²) in [6, 6.07) is 8.51. The van der Waals surface area contributed by atoms with Gasteiger partial charge in [-0.25, -0.2) is 0 Å². The van der Waals surface area contributed by atoms with Crippen molar-refractivity contribution >= 4 is 17.9 Å². The second kappa shape index (κ2) is 6.17. The van der Waals surface area contributed by atoms with E-state index in [0.29, 0.717) is 0 Å². The average Bonchev–Trinajstić information content (AvgIpc) is 2.47. The Morgan fingerprint density at radius 3 is 2.14 bits per heavy atom. The molecule has 0 aliphatic rings. The molecule has 22 heavy (non-hydrogen) atoms. The van der Waals surface area contributed by atoms with Crippen molar-refractivity contribution in [1.82, 2.24) is 0 Å². The Balaban J connectivity index is 2.38. The predicted octanol–water partition coefficient (Wildman–Crippen LogP) is 1.93. The van der Waals surface area contributed by atoms with Crippen LogP contribution in [0.5, 0.6) is 17.2 Å². The number of ether oxygens (including phenoxy) is 1. The summed E-state index contributed by atoms with van der Waals surface area (Å²) in [4.78, 5) is 24.4. The highest BCUT2D eigenvalue weighted by molar-refractivity contribution is 6.12. The van der Waals surface area contributed by atoms with Crippen molar-refractivity contribution in [2.75, 3.05) is 19.0 Å². The molecular weight excluding hydrogens is 286 g/mol. The third kappa shape index (κ3) is 3.01. The van der Waals surface area contributed by atoms with Gasteiger partial charge in [0.25, 0.3) is 6.47 Å². The number of hydrogen-bond donors (Lipinski definition) is 2. The van der Waals surface area contributed by atoms with E-state index in [2.05, 4.69) is 4.74 Å². The number of carbonyl (C=O) groups excluding carboxylic acids is 2. The zero-order chi connectivity index (χ0) is 16.3. The van der Waals surface area contributed by atoms with Gasteiger partial charge in [0.1, 0.15) is 17.2 Å². The molecule has 0 aliphatic heterocycles. The van der Waals surface area contributed by atoms with Gasteiger partial charge in [0, 0.05) is 31.9 Å². The van der Waals surface area contributed by atoms with Crippen LogP contribution in [0.25, 0.3) is 0 Å². The van der Waals surface area contributed by atoms with E-state index < -0.39 is 5.78 Å². The predicted molar refractivity (Wildman–Crippen MR) is 80.7 cm³/mol. The van der Waals surface area contributed by atoms with Crippen molar-refractivity contribution in [3.05, 3.63) is 47.5 Å². The minimum Gasteiger partial charge on any atom is -0.507 e. The number of benzene rings is 2. The quantitative estimate of drug-likeness (QED) is 0.648. The first-order chi connectivity index (χ1) is 10.4. The van der Waals surface area contributed by atoms with Gasteiger partial charge in [-0.3, -0.25) is 9.59 Å². The summed E-state index contributed by atoms with van der Waals surface area (Å²) in [5.41, 5.74) is 0.823. The number of rotatable bonds is 5. The molecule has 0 atom stereocenters. The topological polar surface area (TPSA) is 87.1 Å². The Bertz CT molecular complexity index is 724. The van der Waals surface area contributed by atoms with Gasteiger partial charge in [-0.1, -0.05) is 0 Å². The lowest BCUT2D eigenvalue weighted by Crippen LogP contribution is -2.09. The lowest BCUT2D eigenvalue weighted by molar-refractivity contribution is -0.120. The van der Waals surface area contributed by atoms with Gasteiger partial charge in [-0.15, -0.1) is 0 Å². The number of phenolic OH excluding ortho intramolecular Hbond substituents is 2. The third-order valence-corrected chi connectivity index (χ3v) is 3.14. The fourth-order valence-electron chi connectivity index (χ4n) is 1.97. The van der Waals surface area contributed by atoms with E-state index in [0.717, 1.165) is 11.8 Å². The summed E-state index contributed by atoms with van der Waals surface area (Å²) in [5, 5.41) is 19.9. The second-order valence-corrected chi connectivity index (χ2v) is 4.82. The highest BCUT2D eigenvalue weighted by Crippen LogP contribution is 2.30. The molecule has 0 fully saturated rings. The molecule has 0 aromatic heterocycles. The van der Waals surface area contributed by atoms with Crippen molar-refractivity contribution in [3.63, 3.8) is 0 Å². The molecule has 0 amide bonds. The molecule has 2 aromatic rings. The molecule has 0 aliphatic carbocycles. The van der Waals surface area contributed by atoms with Crippen molar-refractivity contribution in [1.29, 1.82) is 0 Å². The van der Waals surface area contributed by atoms with Gasteiger partial charge in [-0.2, -0.15) is 0 Å². The van der Waals surface area contributed by atoms with Gasteiger partial charge < -0.3 is 19.8 Å². The van der Waals surface area contributed by atoms with Crippen LogP contribution in [-0.2, 0) is 4.79 Å². The summed E-state index contributed by atoms with van der Waals surface area (Å²) in [6.07, 6.45) is 0. The van der Waals surface area contributed by atoms with Gasteiger partial charge in [0.2, 0.25) is 0 Å². The van der Waals surface area contributed by atoms with Crippen LogP contribution in [-0.4, -0.2) is 36.6 Å². The van der Waals surface area contributed by atoms with E-state index in [9.17, 15) is 19.8 Å². The fraction of sp³-hybridized carbons (Fsp3) is 0.125.